The number of benzene rings is 2. The lowest BCUT2D eigenvalue weighted by Crippen LogP contribution is -2.33. The van der Waals surface area contributed by atoms with Crippen LogP contribution in [-0.2, 0) is 14.8 Å². The minimum Gasteiger partial charge on any atom is -0.326 e. The number of nitrogens with one attached hydrogen (secondary N) is 2. The van der Waals surface area contributed by atoms with Crippen molar-refractivity contribution < 1.29 is 18.0 Å². The highest BCUT2D eigenvalue weighted by Crippen LogP contribution is 2.27. The summed E-state index contributed by atoms with van der Waals surface area (Å²) in [4.78, 5) is 25.1. The molecule has 2 rings (SSSR count). The van der Waals surface area contributed by atoms with Crippen LogP contribution in [-0.4, -0.2) is 32.3 Å². The molecule has 0 heterocycles. The summed E-state index contributed by atoms with van der Waals surface area (Å²) in [6.07, 6.45) is 0. The normalized spacial score (nSPS) is 12.2. The Balaban J connectivity index is 2.10. The smallest absolute Gasteiger partial charge is 0.322 e. The maximum absolute atomic E-state index is 12.5. The summed E-state index contributed by atoms with van der Waals surface area (Å²) in [6, 6.07) is 9.99. The van der Waals surface area contributed by atoms with E-state index in [0.29, 0.717) is 11.4 Å². The van der Waals surface area contributed by atoms with Crippen LogP contribution in [0.15, 0.2) is 47.4 Å². The third kappa shape index (κ3) is 5.44. The number of hydrogen-bond acceptors (Lipinski definition) is 4. The van der Waals surface area contributed by atoms with Gasteiger partial charge in [-0.1, -0.05) is 23.7 Å². The Hall–Kier alpha value is -2.62. The van der Waals surface area contributed by atoms with Gasteiger partial charge in [0.1, 0.15) is 0 Å². The Morgan fingerprint density at radius 3 is 2.21 bits per heavy atom. The highest BCUT2D eigenvalue weighted by atomic mass is 35.5. The summed E-state index contributed by atoms with van der Waals surface area (Å²) in [5.41, 5.74) is 1.65. The monoisotopic (exact) mass is 424 g/mol. The van der Waals surface area contributed by atoms with Crippen molar-refractivity contribution in [1.29, 1.82) is 0 Å². The molecule has 0 aliphatic heterocycles. The van der Waals surface area contributed by atoms with Crippen molar-refractivity contribution in [1.82, 2.24) is 4.90 Å². The van der Waals surface area contributed by atoms with Crippen molar-refractivity contribution >= 4 is 44.9 Å². The molecule has 0 aliphatic carbocycles. The molecule has 2 aromatic carbocycles. The quantitative estimate of drug-likeness (QED) is 0.682. The molecular weight excluding hydrogens is 404 g/mol. The number of nitrogens with zero attached hydrogens (tertiary/aromatic N) is 1. The van der Waals surface area contributed by atoms with E-state index in [1.165, 1.54) is 30.0 Å². The van der Waals surface area contributed by atoms with Crippen LogP contribution in [0.5, 0.6) is 0 Å². The molecule has 0 aliphatic rings. The van der Waals surface area contributed by atoms with E-state index in [0.717, 1.165) is 5.56 Å². The van der Waals surface area contributed by atoms with Gasteiger partial charge in [-0.3, -0.25) is 4.79 Å². The molecule has 0 radical (unpaired) electrons. The van der Waals surface area contributed by atoms with Crippen molar-refractivity contribution in [3.05, 3.63) is 53.1 Å². The highest BCUT2D eigenvalue weighted by Gasteiger charge is 2.19. The largest absolute Gasteiger partial charge is 0.326 e. The van der Waals surface area contributed by atoms with E-state index in [-0.39, 0.29) is 21.9 Å². The predicted octanol–water partition coefficient (Wildman–Crippen LogP) is 3.17. The average Bonchev–Trinajstić information content (AvgIpc) is 2.61. The molecule has 0 aromatic heterocycles. The third-order valence-corrected chi connectivity index (χ3v) is 5.37. The second-order valence-electron chi connectivity index (χ2n) is 6.21. The van der Waals surface area contributed by atoms with E-state index in [1.54, 1.807) is 38.2 Å². The van der Waals surface area contributed by atoms with E-state index < -0.39 is 16.1 Å². The maximum atomic E-state index is 12.5. The van der Waals surface area contributed by atoms with Crippen LogP contribution < -0.4 is 15.8 Å². The van der Waals surface area contributed by atoms with Gasteiger partial charge in [0.25, 0.3) is 0 Å². The predicted molar refractivity (Wildman–Crippen MR) is 109 cm³/mol. The van der Waals surface area contributed by atoms with E-state index in [9.17, 15) is 18.0 Å². The second kappa shape index (κ2) is 8.59. The molecule has 0 bridgehead atoms. The van der Waals surface area contributed by atoms with Crippen LogP contribution >= 0.6 is 11.6 Å². The number of anilines is 2. The summed E-state index contributed by atoms with van der Waals surface area (Å²) >= 11 is 6.17. The third-order valence-electron chi connectivity index (χ3n) is 4.12. The summed E-state index contributed by atoms with van der Waals surface area (Å²) in [6.45, 7) is 3.18. The zero-order chi connectivity index (χ0) is 21.1. The number of urea groups is 1. The van der Waals surface area contributed by atoms with Crippen molar-refractivity contribution in [2.45, 2.75) is 24.8 Å². The standard InChI is InChI=1S/C18H21ClN4O4S/c1-11(13-4-7-15(8-5-13)28(20,26)27)23(3)18(25)22-17-9-6-14(10-16(17)19)21-12(2)24/h4-11H,1-3H3,(H,21,24)(H,22,25)(H2,20,26,27). The fraction of sp³-hybridized carbons (Fsp3) is 0.222. The lowest BCUT2D eigenvalue weighted by Gasteiger charge is -2.26. The van der Waals surface area contributed by atoms with Gasteiger partial charge in [-0.05, 0) is 42.8 Å². The van der Waals surface area contributed by atoms with Gasteiger partial charge in [0.05, 0.1) is 21.6 Å². The number of primary sulfonamides is 1. The first kappa shape index (κ1) is 21.7. The molecular formula is C18H21ClN4O4S. The molecule has 2 aromatic rings. The average molecular weight is 425 g/mol. The summed E-state index contributed by atoms with van der Waals surface area (Å²) in [5.74, 6) is -0.227. The first-order valence-electron chi connectivity index (χ1n) is 8.22. The molecule has 150 valence electrons. The van der Waals surface area contributed by atoms with Crippen molar-refractivity contribution in [2.24, 2.45) is 5.14 Å². The minimum atomic E-state index is -3.77. The zero-order valence-electron chi connectivity index (χ0n) is 15.6. The number of carbonyl (C=O) groups excluding carboxylic acids is 2. The van der Waals surface area contributed by atoms with Crippen LogP contribution in [0.4, 0.5) is 16.2 Å². The minimum absolute atomic E-state index is 0.00148. The maximum Gasteiger partial charge on any atom is 0.322 e. The van der Waals surface area contributed by atoms with Crippen molar-refractivity contribution in [2.75, 3.05) is 17.7 Å². The Labute approximate surface area is 168 Å². The lowest BCUT2D eigenvalue weighted by molar-refractivity contribution is -0.114. The molecule has 0 fully saturated rings. The van der Waals surface area contributed by atoms with E-state index in [4.69, 9.17) is 16.7 Å². The summed E-state index contributed by atoms with van der Waals surface area (Å²) in [7, 11) is -2.17. The highest BCUT2D eigenvalue weighted by molar-refractivity contribution is 7.89. The van der Waals surface area contributed by atoms with Crippen LogP contribution in [0.1, 0.15) is 25.5 Å². The lowest BCUT2D eigenvalue weighted by atomic mass is 10.1. The molecule has 28 heavy (non-hydrogen) atoms. The van der Waals surface area contributed by atoms with Gasteiger partial charge < -0.3 is 15.5 Å². The van der Waals surface area contributed by atoms with Gasteiger partial charge in [-0.2, -0.15) is 0 Å². The molecule has 0 saturated carbocycles. The fourth-order valence-corrected chi connectivity index (χ4v) is 3.18. The number of amides is 3. The van der Waals surface area contributed by atoms with E-state index >= 15 is 0 Å². The van der Waals surface area contributed by atoms with Crippen molar-refractivity contribution in [3.8, 4) is 0 Å². The van der Waals surface area contributed by atoms with Crippen LogP contribution in [0.2, 0.25) is 5.02 Å². The number of sulfonamides is 1. The topological polar surface area (TPSA) is 122 Å². The van der Waals surface area contributed by atoms with E-state index in [1.807, 2.05) is 0 Å². The Kier molecular flexibility index (Phi) is 6.65. The number of carbonyl (C=O) groups is 2. The number of halogens is 1. The van der Waals surface area contributed by atoms with Crippen LogP contribution in [0.3, 0.4) is 0 Å². The fourth-order valence-electron chi connectivity index (χ4n) is 2.44. The number of hydrogen-bond donors (Lipinski definition) is 3. The molecule has 0 saturated heterocycles. The summed E-state index contributed by atoms with van der Waals surface area (Å²) in [5, 5.41) is 10.7. The molecule has 8 nitrogen and oxygen atoms in total. The zero-order valence-corrected chi connectivity index (χ0v) is 17.1. The van der Waals surface area contributed by atoms with Gasteiger partial charge in [0, 0.05) is 19.7 Å². The molecule has 10 heteroatoms. The second-order valence-corrected chi connectivity index (χ2v) is 8.18. The van der Waals surface area contributed by atoms with Gasteiger partial charge in [-0.25, -0.2) is 18.4 Å². The van der Waals surface area contributed by atoms with Gasteiger partial charge in [-0.15, -0.1) is 0 Å². The Bertz CT molecular complexity index is 993. The van der Waals surface area contributed by atoms with Gasteiger partial charge in [0.15, 0.2) is 0 Å². The molecule has 1 unspecified atom stereocenters. The number of nitrogens with two attached hydrogens (primary N) is 1. The first-order chi connectivity index (χ1) is 13.0. The van der Waals surface area contributed by atoms with Crippen LogP contribution in [0, 0.1) is 0 Å². The molecule has 3 amide bonds. The molecule has 4 N–H and O–H groups in total. The first-order valence-corrected chi connectivity index (χ1v) is 10.1. The van der Waals surface area contributed by atoms with E-state index in [2.05, 4.69) is 10.6 Å². The van der Waals surface area contributed by atoms with Gasteiger partial charge >= 0.3 is 6.03 Å². The Morgan fingerprint density at radius 1 is 1.11 bits per heavy atom. The summed E-state index contributed by atoms with van der Waals surface area (Å²) < 4.78 is 22.7. The number of rotatable bonds is 5. The van der Waals surface area contributed by atoms with Crippen molar-refractivity contribution in [3.63, 3.8) is 0 Å². The molecule has 1 atom stereocenters. The van der Waals surface area contributed by atoms with Gasteiger partial charge in [0.2, 0.25) is 15.9 Å². The SMILES string of the molecule is CC(=O)Nc1ccc(NC(=O)N(C)C(C)c2ccc(S(N)(=O)=O)cc2)c(Cl)c1. The van der Waals surface area contributed by atoms with Crippen LogP contribution in [0.25, 0.3) is 0 Å². The molecule has 0 spiro atoms. The Morgan fingerprint density at radius 2 is 1.71 bits per heavy atom.